The SMILES string of the molecule is CCCCCCCCCCCCCCC(C#N)(C#N)CCCCCCCCCCCCCC. The first-order chi connectivity index (χ1) is 16.2. The normalized spacial score (nSPS) is 11.4. The minimum atomic E-state index is -0.725. The summed E-state index contributed by atoms with van der Waals surface area (Å²) in [6.07, 6.45) is 33.3. The molecular formula is C31H58N2. The van der Waals surface area contributed by atoms with Crippen LogP contribution in [0.2, 0.25) is 0 Å². The molecule has 0 fully saturated rings. The lowest BCUT2D eigenvalue weighted by Gasteiger charge is -2.18. The summed E-state index contributed by atoms with van der Waals surface area (Å²) >= 11 is 0. The van der Waals surface area contributed by atoms with Crippen molar-refractivity contribution in [3.8, 4) is 12.1 Å². The highest BCUT2D eigenvalue weighted by Gasteiger charge is 2.28. The molecule has 0 spiro atoms. The van der Waals surface area contributed by atoms with Crippen LogP contribution in [0.15, 0.2) is 0 Å². The van der Waals surface area contributed by atoms with Gasteiger partial charge >= 0.3 is 0 Å². The van der Waals surface area contributed by atoms with Crippen molar-refractivity contribution in [2.24, 2.45) is 5.41 Å². The summed E-state index contributed by atoms with van der Waals surface area (Å²) in [4.78, 5) is 0. The largest absolute Gasteiger partial charge is 0.197 e. The van der Waals surface area contributed by atoms with Crippen LogP contribution in [0.25, 0.3) is 0 Å². The maximum absolute atomic E-state index is 9.66. The van der Waals surface area contributed by atoms with Crippen molar-refractivity contribution in [3.05, 3.63) is 0 Å². The number of nitrogens with zero attached hydrogens (tertiary/aromatic N) is 2. The molecule has 0 heterocycles. The highest BCUT2D eigenvalue weighted by Crippen LogP contribution is 2.30. The second kappa shape index (κ2) is 25.6. The molecule has 0 saturated carbocycles. The zero-order valence-electron chi connectivity index (χ0n) is 22.8. The topological polar surface area (TPSA) is 47.6 Å². The monoisotopic (exact) mass is 458 g/mol. The highest BCUT2D eigenvalue weighted by atomic mass is 14.4. The maximum Gasteiger partial charge on any atom is 0.143 e. The van der Waals surface area contributed by atoms with Gasteiger partial charge in [-0.05, 0) is 12.8 Å². The summed E-state index contributed by atoms with van der Waals surface area (Å²) in [5.41, 5.74) is -0.725. The Morgan fingerprint density at radius 2 is 0.576 bits per heavy atom. The Morgan fingerprint density at radius 1 is 0.364 bits per heavy atom. The molecule has 0 aliphatic rings. The minimum absolute atomic E-state index is 0.725. The lowest BCUT2D eigenvalue weighted by Crippen LogP contribution is -2.16. The van der Waals surface area contributed by atoms with Crippen molar-refractivity contribution >= 4 is 0 Å². The standard InChI is InChI=1S/C31H58N2/c1-3-5-7-9-11-13-15-17-19-21-23-25-27-31(29-32,30-33)28-26-24-22-20-18-16-14-12-10-8-6-4-2/h3-28H2,1-2H3. The van der Waals surface area contributed by atoms with E-state index < -0.39 is 5.41 Å². The van der Waals surface area contributed by atoms with E-state index in [1.165, 1.54) is 141 Å². The van der Waals surface area contributed by atoms with Crippen LogP contribution in [0.1, 0.15) is 181 Å². The molecule has 33 heavy (non-hydrogen) atoms. The second-order valence-corrected chi connectivity index (χ2v) is 10.6. The third-order valence-corrected chi connectivity index (χ3v) is 7.34. The van der Waals surface area contributed by atoms with Crippen molar-refractivity contribution in [3.63, 3.8) is 0 Å². The molecule has 0 atom stereocenters. The number of nitriles is 2. The van der Waals surface area contributed by atoms with Crippen LogP contribution < -0.4 is 0 Å². The molecule has 0 amide bonds. The molecule has 0 rings (SSSR count). The molecule has 0 saturated heterocycles. The average molecular weight is 459 g/mol. The summed E-state index contributed by atoms with van der Waals surface area (Å²) in [6, 6.07) is 4.77. The smallest absolute Gasteiger partial charge is 0.143 e. The van der Waals surface area contributed by atoms with E-state index in [4.69, 9.17) is 0 Å². The fourth-order valence-electron chi connectivity index (χ4n) is 4.91. The molecule has 0 unspecified atom stereocenters. The Morgan fingerprint density at radius 3 is 0.788 bits per heavy atom. The van der Waals surface area contributed by atoms with E-state index in [1.54, 1.807) is 0 Å². The van der Waals surface area contributed by atoms with Crippen molar-refractivity contribution in [2.75, 3.05) is 0 Å². The molecule has 0 aromatic rings. The van der Waals surface area contributed by atoms with E-state index in [2.05, 4.69) is 26.0 Å². The first kappa shape index (κ1) is 32.0. The van der Waals surface area contributed by atoms with E-state index in [-0.39, 0.29) is 0 Å². The lowest BCUT2D eigenvalue weighted by molar-refractivity contribution is 0.390. The van der Waals surface area contributed by atoms with Gasteiger partial charge in [0, 0.05) is 0 Å². The Balaban J connectivity index is 3.61. The van der Waals surface area contributed by atoms with Gasteiger partial charge in [-0.3, -0.25) is 0 Å². The van der Waals surface area contributed by atoms with Gasteiger partial charge in [-0.25, -0.2) is 0 Å². The molecule has 0 N–H and O–H groups in total. The number of unbranched alkanes of at least 4 members (excludes halogenated alkanes) is 22. The van der Waals surface area contributed by atoms with Gasteiger partial charge in [-0.1, -0.05) is 168 Å². The summed E-state index contributed by atoms with van der Waals surface area (Å²) in [5.74, 6) is 0. The van der Waals surface area contributed by atoms with Gasteiger partial charge in [0.05, 0.1) is 12.1 Å². The van der Waals surface area contributed by atoms with Gasteiger partial charge in [0.1, 0.15) is 5.41 Å². The van der Waals surface area contributed by atoms with E-state index >= 15 is 0 Å². The fourth-order valence-corrected chi connectivity index (χ4v) is 4.91. The van der Waals surface area contributed by atoms with Gasteiger partial charge in [-0.2, -0.15) is 10.5 Å². The third kappa shape index (κ3) is 21.3. The zero-order valence-corrected chi connectivity index (χ0v) is 22.8. The first-order valence-corrected chi connectivity index (χ1v) is 15.1. The van der Waals surface area contributed by atoms with E-state index in [0.717, 1.165) is 25.7 Å². The molecule has 2 heteroatoms. The zero-order chi connectivity index (χ0) is 24.3. The van der Waals surface area contributed by atoms with Crippen LogP contribution in [0.4, 0.5) is 0 Å². The van der Waals surface area contributed by atoms with Crippen molar-refractivity contribution in [1.82, 2.24) is 0 Å². The first-order valence-electron chi connectivity index (χ1n) is 15.1. The molecule has 0 radical (unpaired) electrons. The van der Waals surface area contributed by atoms with Gasteiger partial charge in [0.15, 0.2) is 0 Å². The van der Waals surface area contributed by atoms with Crippen LogP contribution in [0, 0.1) is 28.1 Å². The number of rotatable bonds is 26. The number of hydrogen-bond donors (Lipinski definition) is 0. The van der Waals surface area contributed by atoms with Crippen LogP contribution in [0.5, 0.6) is 0 Å². The van der Waals surface area contributed by atoms with Crippen LogP contribution in [0.3, 0.4) is 0 Å². The Kier molecular flexibility index (Phi) is 24.8. The van der Waals surface area contributed by atoms with E-state index in [9.17, 15) is 10.5 Å². The highest BCUT2D eigenvalue weighted by molar-refractivity contribution is 5.13. The molecule has 0 aromatic carbocycles. The quantitative estimate of drug-likeness (QED) is 0.121. The molecule has 0 bridgehead atoms. The van der Waals surface area contributed by atoms with E-state index in [1.807, 2.05) is 0 Å². The van der Waals surface area contributed by atoms with Gasteiger partial charge in [-0.15, -0.1) is 0 Å². The van der Waals surface area contributed by atoms with E-state index in [0.29, 0.717) is 0 Å². The summed E-state index contributed by atoms with van der Waals surface area (Å²) in [5, 5.41) is 19.3. The molecule has 0 aromatic heterocycles. The third-order valence-electron chi connectivity index (χ3n) is 7.34. The predicted octanol–water partition coefficient (Wildman–Crippen LogP) is 11.2. The second-order valence-electron chi connectivity index (χ2n) is 10.6. The maximum atomic E-state index is 9.66. The fraction of sp³-hybridized carbons (Fsp3) is 0.935. The lowest BCUT2D eigenvalue weighted by atomic mass is 9.80. The average Bonchev–Trinajstić information content (AvgIpc) is 2.84. The Hall–Kier alpha value is -1.02. The van der Waals surface area contributed by atoms with Gasteiger partial charge < -0.3 is 0 Å². The van der Waals surface area contributed by atoms with Gasteiger partial charge in [0.25, 0.3) is 0 Å². The summed E-state index contributed by atoms with van der Waals surface area (Å²) in [7, 11) is 0. The van der Waals surface area contributed by atoms with Crippen LogP contribution >= 0.6 is 0 Å². The van der Waals surface area contributed by atoms with Crippen LogP contribution in [-0.4, -0.2) is 0 Å². The summed E-state index contributed by atoms with van der Waals surface area (Å²) < 4.78 is 0. The molecule has 0 aliphatic carbocycles. The Bertz CT molecular complexity index is 426. The van der Waals surface area contributed by atoms with Crippen molar-refractivity contribution in [1.29, 1.82) is 10.5 Å². The van der Waals surface area contributed by atoms with Crippen molar-refractivity contribution < 1.29 is 0 Å². The van der Waals surface area contributed by atoms with Gasteiger partial charge in [0.2, 0.25) is 0 Å². The Labute approximate surface area is 208 Å². The molecule has 2 nitrogen and oxygen atoms in total. The number of hydrogen-bond acceptors (Lipinski definition) is 2. The van der Waals surface area contributed by atoms with Crippen LogP contribution in [-0.2, 0) is 0 Å². The van der Waals surface area contributed by atoms with Crippen molar-refractivity contribution in [2.45, 2.75) is 181 Å². The predicted molar refractivity (Wildman–Crippen MR) is 145 cm³/mol. The molecule has 0 aliphatic heterocycles. The summed E-state index contributed by atoms with van der Waals surface area (Å²) in [6.45, 7) is 4.55. The minimum Gasteiger partial charge on any atom is -0.197 e. The molecule has 192 valence electrons. The molecular weight excluding hydrogens is 400 g/mol.